The molecule has 6 rings (SSSR count). The van der Waals surface area contributed by atoms with Gasteiger partial charge in [0.05, 0.1) is 29.9 Å². The first kappa shape index (κ1) is 22.5. The lowest BCUT2D eigenvalue weighted by molar-refractivity contribution is 0.0742. The minimum Gasteiger partial charge on any atom is -0.322 e. The lowest BCUT2D eigenvalue weighted by Crippen LogP contribution is -2.41. The maximum Gasteiger partial charge on any atom is 0.277 e. The molecule has 0 unspecified atom stereocenters. The Bertz CT molecular complexity index is 1340. The molecule has 1 aliphatic heterocycles. The third-order valence-electron chi connectivity index (χ3n) is 8.18. The average Bonchev–Trinajstić information content (AvgIpc) is 3.28. The number of amides is 2. The van der Waals surface area contributed by atoms with Gasteiger partial charge >= 0.3 is 0 Å². The molecule has 7 nitrogen and oxygen atoms in total. The van der Waals surface area contributed by atoms with Gasteiger partial charge in [-0.2, -0.15) is 10.4 Å². The van der Waals surface area contributed by atoms with Crippen molar-refractivity contribution in [2.45, 2.75) is 45.1 Å². The van der Waals surface area contributed by atoms with E-state index in [1.54, 1.807) is 33.8 Å². The number of carbonyl (C=O) groups excluding carboxylic acids is 2. The van der Waals surface area contributed by atoms with Crippen molar-refractivity contribution in [3.63, 3.8) is 0 Å². The fourth-order valence-electron chi connectivity index (χ4n) is 5.88. The van der Waals surface area contributed by atoms with Gasteiger partial charge in [0.25, 0.3) is 11.8 Å². The zero-order valence-electron chi connectivity index (χ0n) is 20.2. The molecule has 2 heterocycles. The molecule has 0 spiro atoms. The maximum absolute atomic E-state index is 13.5. The van der Waals surface area contributed by atoms with E-state index < -0.39 is 5.91 Å². The lowest BCUT2D eigenvalue weighted by Gasteiger charge is -2.44. The first-order valence-electron chi connectivity index (χ1n) is 12.9. The van der Waals surface area contributed by atoms with Crippen LogP contribution in [0, 0.1) is 29.1 Å². The molecular weight excluding hydrogens is 450 g/mol. The molecule has 3 aliphatic rings. The smallest absolute Gasteiger partial charge is 0.277 e. The zero-order chi connectivity index (χ0) is 24.6. The molecular formula is C29H29N5O2. The van der Waals surface area contributed by atoms with Crippen molar-refractivity contribution in [3.05, 3.63) is 77.1 Å². The van der Waals surface area contributed by atoms with Gasteiger partial charge < -0.3 is 10.2 Å². The number of benzene rings is 2. The number of carbonyl (C=O) groups is 2. The van der Waals surface area contributed by atoms with Crippen molar-refractivity contribution in [2.24, 2.45) is 17.8 Å². The summed E-state index contributed by atoms with van der Waals surface area (Å²) in [5.74, 6) is 2.10. The molecule has 36 heavy (non-hydrogen) atoms. The molecule has 0 bridgehead atoms. The quantitative estimate of drug-likeness (QED) is 0.536. The number of hydrogen-bond donors (Lipinski definition) is 1. The summed E-state index contributed by atoms with van der Waals surface area (Å²) in [5.41, 5.74) is 3.63. The monoisotopic (exact) mass is 479 g/mol. The van der Waals surface area contributed by atoms with Crippen molar-refractivity contribution < 1.29 is 9.59 Å². The van der Waals surface area contributed by atoms with Crippen LogP contribution in [0.3, 0.4) is 0 Å². The molecule has 1 aromatic heterocycles. The highest BCUT2D eigenvalue weighted by Gasteiger charge is 2.37. The number of anilines is 2. The number of nitrogens with one attached hydrogen (secondary N) is 1. The Morgan fingerprint density at radius 3 is 2.61 bits per heavy atom. The Labute approximate surface area is 210 Å². The number of fused-ring (bicyclic) bond motifs is 1. The van der Waals surface area contributed by atoms with E-state index in [1.807, 2.05) is 12.1 Å². The number of nitrogens with zero attached hydrogens (tertiary/aromatic N) is 4. The zero-order valence-corrected chi connectivity index (χ0v) is 20.2. The summed E-state index contributed by atoms with van der Waals surface area (Å²) < 4.78 is 1.60. The van der Waals surface area contributed by atoms with Crippen LogP contribution in [0.25, 0.3) is 0 Å². The minimum atomic E-state index is -0.419. The van der Waals surface area contributed by atoms with Gasteiger partial charge in [-0.25, -0.2) is 0 Å². The SMILES string of the molecule is N#Cc1cccc(NC(=O)c2cnn3c2C(=O)N(c2ccc(CC4CC(C5CCC5)C4)cc2)CC3)c1. The van der Waals surface area contributed by atoms with Gasteiger partial charge in [0, 0.05) is 17.9 Å². The highest BCUT2D eigenvalue weighted by atomic mass is 16.2. The summed E-state index contributed by atoms with van der Waals surface area (Å²) in [6, 6.07) is 17.1. The Hall–Kier alpha value is -3.92. The molecule has 3 aromatic rings. The van der Waals surface area contributed by atoms with E-state index in [4.69, 9.17) is 5.26 Å². The number of rotatable bonds is 6. The van der Waals surface area contributed by atoms with Crippen molar-refractivity contribution in [3.8, 4) is 6.07 Å². The summed E-state index contributed by atoms with van der Waals surface area (Å²) in [4.78, 5) is 28.2. The standard InChI is InChI=1S/C29H29N5O2/c30-17-20-3-1-6-24(16-20)32-28(35)26-18-31-34-12-11-33(29(36)27(26)34)25-9-7-19(8-10-25)13-21-14-23(15-21)22-4-2-5-22/h1,3,6-10,16,18,21-23H,2,4-5,11-15H2,(H,32,35). The first-order valence-corrected chi connectivity index (χ1v) is 12.9. The second-order valence-electron chi connectivity index (χ2n) is 10.4. The van der Waals surface area contributed by atoms with Crippen molar-refractivity contribution >= 4 is 23.2 Å². The fourth-order valence-corrected chi connectivity index (χ4v) is 5.88. The third-order valence-corrected chi connectivity index (χ3v) is 8.18. The van der Waals surface area contributed by atoms with Gasteiger partial charge in [0.1, 0.15) is 5.69 Å². The van der Waals surface area contributed by atoms with Gasteiger partial charge in [-0.3, -0.25) is 14.3 Å². The van der Waals surface area contributed by atoms with Crippen molar-refractivity contribution in [1.29, 1.82) is 5.26 Å². The molecule has 2 saturated carbocycles. The van der Waals surface area contributed by atoms with E-state index in [9.17, 15) is 9.59 Å². The number of nitriles is 1. The van der Waals surface area contributed by atoms with Gasteiger partial charge in [-0.05, 0) is 72.9 Å². The van der Waals surface area contributed by atoms with Crippen LogP contribution in [-0.4, -0.2) is 28.1 Å². The number of hydrogen-bond acceptors (Lipinski definition) is 4. The van der Waals surface area contributed by atoms with Crippen LogP contribution in [0.15, 0.2) is 54.7 Å². The molecule has 2 aromatic carbocycles. The van der Waals surface area contributed by atoms with Gasteiger partial charge in [0.15, 0.2) is 0 Å². The van der Waals surface area contributed by atoms with Crippen molar-refractivity contribution in [1.82, 2.24) is 9.78 Å². The molecule has 2 fully saturated rings. The minimum absolute atomic E-state index is 0.231. The molecule has 1 N–H and O–H groups in total. The Balaban J connectivity index is 1.13. The van der Waals surface area contributed by atoms with E-state index in [0.29, 0.717) is 24.3 Å². The summed E-state index contributed by atoms with van der Waals surface area (Å²) in [5, 5.41) is 16.2. The average molecular weight is 480 g/mol. The third kappa shape index (κ3) is 4.17. The largest absolute Gasteiger partial charge is 0.322 e. The van der Waals surface area contributed by atoms with Gasteiger partial charge in [-0.1, -0.05) is 37.5 Å². The Morgan fingerprint density at radius 2 is 1.89 bits per heavy atom. The van der Waals surface area contributed by atoms with Crippen LogP contribution >= 0.6 is 0 Å². The van der Waals surface area contributed by atoms with Crippen molar-refractivity contribution in [2.75, 3.05) is 16.8 Å². The van der Waals surface area contributed by atoms with Gasteiger partial charge in [0.2, 0.25) is 0 Å². The van der Waals surface area contributed by atoms with E-state index in [2.05, 4.69) is 28.6 Å². The second-order valence-corrected chi connectivity index (χ2v) is 10.4. The Morgan fingerprint density at radius 1 is 1.08 bits per heavy atom. The van der Waals surface area contributed by atoms with Crippen LogP contribution in [0.1, 0.15) is 64.1 Å². The summed E-state index contributed by atoms with van der Waals surface area (Å²) in [6.45, 7) is 1.02. The Kier molecular flexibility index (Phi) is 5.80. The molecule has 2 amide bonds. The topological polar surface area (TPSA) is 91.0 Å². The van der Waals surface area contributed by atoms with E-state index in [0.717, 1.165) is 29.9 Å². The normalized spacial score (nSPS) is 21.2. The van der Waals surface area contributed by atoms with Crippen LogP contribution in [0.5, 0.6) is 0 Å². The highest BCUT2D eigenvalue weighted by Crippen LogP contribution is 2.47. The van der Waals surface area contributed by atoms with Crippen LogP contribution in [0.4, 0.5) is 11.4 Å². The molecule has 0 radical (unpaired) electrons. The van der Waals surface area contributed by atoms with Crippen LogP contribution in [0.2, 0.25) is 0 Å². The first-order chi connectivity index (χ1) is 17.6. The molecule has 0 saturated heterocycles. The predicted octanol–water partition coefficient (Wildman–Crippen LogP) is 5.04. The highest BCUT2D eigenvalue weighted by molar-refractivity contribution is 6.15. The predicted molar refractivity (Wildman–Crippen MR) is 137 cm³/mol. The summed E-state index contributed by atoms with van der Waals surface area (Å²) >= 11 is 0. The molecule has 0 atom stereocenters. The molecule has 2 aliphatic carbocycles. The van der Waals surface area contributed by atoms with Crippen LogP contribution < -0.4 is 10.2 Å². The fraction of sp³-hybridized carbons (Fsp3) is 0.379. The van der Waals surface area contributed by atoms with E-state index >= 15 is 0 Å². The second kappa shape index (κ2) is 9.27. The van der Waals surface area contributed by atoms with Gasteiger partial charge in [-0.15, -0.1) is 0 Å². The van der Waals surface area contributed by atoms with Crippen LogP contribution in [-0.2, 0) is 13.0 Å². The summed E-state index contributed by atoms with van der Waals surface area (Å²) in [6.07, 6.45) is 9.59. The lowest BCUT2D eigenvalue weighted by atomic mass is 9.61. The maximum atomic E-state index is 13.5. The molecule has 7 heteroatoms. The summed E-state index contributed by atoms with van der Waals surface area (Å²) in [7, 11) is 0. The number of aromatic nitrogens is 2. The molecule has 182 valence electrons. The van der Waals surface area contributed by atoms with E-state index in [1.165, 1.54) is 43.9 Å². The van der Waals surface area contributed by atoms with E-state index in [-0.39, 0.29) is 17.2 Å².